The molecule has 2 aromatic rings. The van der Waals surface area contributed by atoms with E-state index in [0.717, 1.165) is 22.3 Å². The molecule has 0 fully saturated rings. The highest BCUT2D eigenvalue weighted by Crippen LogP contribution is 2.44. The quantitative estimate of drug-likeness (QED) is 0.511. The molecule has 0 radical (unpaired) electrons. The van der Waals surface area contributed by atoms with Crippen molar-refractivity contribution in [3.8, 4) is 11.1 Å². The minimum Gasteiger partial charge on any atom is -0.480 e. The van der Waals surface area contributed by atoms with Gasteiger partial charge in [-0.25, -0.2) is 9.59 Å². The van der Waals surface area contributed by atoms with E-state index in [2.05, 4.69) is 22.8 Å². The Morgan fingerprint density at radius 2 is 1.55 bits per heavy atom. The molecule has 2 aromatic carbocycles. The van der Waals surface area contributed by atoms with Crippen molar-refractivity contribution in [3.05, 3.63) is 59.7 Å². The van der Waals surface area contributed by atoms with Crippen molar-refractivity contribution >= 4 is 18.0 Å². The highest BCUT2D eigenvalue weighted by Gasteiger charge is 2.30. The molecule has 3 N–H and O–H groups in total. The van der Waals surface area contributed by atoms with Crippen molar-refractivity contribution in [3.63, 3.8) is 0 Å². The molecule has 1 aliphatic carbocycles. The average molecular weight is 454 g/mol. The highest BCUT2D eigenvalue weighted by atomic mass is 16.5. The molecular formula is C25H31N3O5. The molecule has 8 nitrogen and oxygen atoms in total. The van der Waals surface area contributed by atoms with Gasteiger partial charge in [-0.3, -0.25) is 4.79 Å². The van der Waals surface area contributed by atoms with Gasteiger partial charge in [0.05, 0.1) is 0 Å². The van der Waals surface area contributed by atoms with Crippen LogP contribution in [0.15, 0.2) is 48.5 Å². The summed E-state index contributed by atoms with van der Waals surface area (Å²) in [7, 11) is 3.53. The minimum atomic E-state index is -1.10. The Bertz CT molecular complexity index is 962. The van der Waals surface area contributed by atoms with Crippen LogP contribution >= 0.6 is 0 Å². The van der Waals surface area contributed by atoms with Gasteiger partial charge in [-0.05, 0) is 42.8 Å². The summed E-state index contributed by atoms with van der Waals surface area (Å²) in [5, 5.41) is 14.4. The summed E-state index contributed by atoms with van der Waals surface area (Å²) in [6.07, 6.45) is 0.192. The largest absolute Gasteiger partial charge is 0.480 e. The van der Waals surface area contributed by atoms with E-state index in [1.165, 1.54) is 0 Å². The number of carbonyl (C=O) groups is 3. The van der Waals surface area contributed by atoms with Crippen molar-refractivity contribution < 1.29 is 24.2 Å². The zero-order valence-electron chi connectivity index (χ0n) is 19.2. The number of alkyl carbamates (subject to hydrolysis) is 1. The molecule has 33 heavy (non-hydrogen) atoms. The fraction of sp³-hybridized carbons (Fsp3) is 0.400. The predicted molar refractivity (Wildman–Crippen MR) is 125 cm³/mol. The maximum Gasteiger partial charge on any atom is 0.407 e. The van der Waals surface area contributed by atoms with Crippen molar-refractivity contribution in [1.82, 2.24) is 15.5 Å². The van der Waals surface area contributed by atoms with E-state index in [4.69, 9.17) is 4.74 Å². The van der Waals surface area contributed by atoms with Gasteiger partial charge in [0.1, 0.15) is 18.7 Å². The van der Waals surface area contributed by atoms with Gasteiger partial charge in [-0.1, -0.05) is 61.9 Å². The van der Waals surface area contributed by atoms with Crippen molar-refractivity contribution in [1.29, 1.82) is 0 Å². The molecule has 0 unspecified atom stereocenters. The molecule has 176 valence electrons. The number of fused-ring (bicyclic) bond motifs is 3. The Morgan fingerprint density at radius 1 is 0.970 bits per heavy atom. The fourth-order valence-corrected chi connectivity index (χ4v) is 4.16. The molecular weight excluding hydrogens is 422 g/mol. The first-order chi connectivity index (χ1) is 15.8. The van der Waals surface area contributed by atoms with Gasteiger partial charge in [0.2, 0.25) is 5.91 Å². The Morgan fingerprint density at radius 3 is 2.06 bits per heavy atom. The number of amides is 2. The van der Waals surface area contributed by atoms with Gasteiger partial charge in [-0.2, -0.15) is 0 Å². The lowest BCUT2D eigenvalue weighted by Gasteiger charge is -2.24. The van der Waals surface area contributed by atoms with E-state index in [0.29, 0.717) is 12.8 Å². The second kappa shape index (κ2) is 11.0. The summed E-state index contributed by atoms with van der Waals surface area (Å²) in [5.74, 6) is -1.75. The molecule has 0 aromatic heterocycles. The summed E-state index contributed by atoms with van der Waals surface area (Å²) in [4.78, 5) is 38.5. The first-order valence-corrected chi connectivity index (χ1v) is 11.1. The van der Waals surface area contributed by atoms with Crippen LogP contribution in [0.25, 0.3) is 11.1 Å². The number of benzene rings is 2. The second-order valence-corrected chi connectivity index (χ2v) is 8.47. The number of likely N-dealkylation sites (N-methyl/N-ethyl adjacent to an activating group) is 1. The van der Waals surface area contributed by atoms with Crippen LogP contribution in [0.2, 0.25) is 0 Å². The van der Waals surface area contributed by atoms with Crippen molar-refractivity contribution in [2.24, 2.45) is 0 Å². The van der Waals surface area contributed by atoms with Crippen LogP contribution in [0.5, 0.6) is 0 Å². The zero-order valence-corrected chi connectivity index (χ0v) is 19.2. The minimum absolute atomic E-state index is 0.0924. The SMILES string of the molecule is CCC[C@H](NC(=O)[C@H](CN(C)C)NC(=O)OCC1c2ccccc2-c2ccccc21)C(=O)O. The third kappa shape index (κ3) is 5.90. The molecule has 2 amide bonds. The molecule has 0 saturated carbocycles. The fourth-order valence-electron chi connectivity index (χ4n) is 4.16. The Balaban J connectivity index is 1.66. The molecule has 2 atom stereocenters. The molecule has 8 heteroatoms. The number of carbonyl (C=O) groups excluding carboxylic acids is 2. The number of hydrogen-bond donors (Lipinski definition) is 3. The van der Waals surface area contributed by atoms with Crippen LogP contribution in [-0.2, 0) is 14.3 Å². The number of hydrogen-bond acceptors (Lipinski definition) is 5. The van der Waals surface area contributed by atoms with Gasteiger partial charge in [0, 0.05) is 12.5 Å². The first kappa shape index (κ1) is 24.3. The third-order valence-electron chi connectivity index (χ3n) is 5.69. The number of carboxylic acid groups (broad SMARTS) is 1. The maximum atomic E-state index is 12.7. The Hall–Kier alpha value is -3.39. The van der Waals surface area contributed by atoms with Crippen LogP contribution in [0.4, 0.5) is 4.79 Å². The molecule has 1 aliphatic rings. The third-order valence-corrected chi connectivity index (χ3v) is 5.69. The molecule has 0 aliphatic heterocycles. The molecule has 0 saturated heterocycles. The number of carboxylic acids is 1. The topological polar surface area (TPSA) is 108 Å². The number of nitrogens with zero attached hydrogens (tertiary/aromatic N) is 1. The van der Waals surface area contributed by atoms with Gasteiger partial charge in [-0.15, -0.1) is 0 Å². The molecule has 0 heterocycles. The van der Waals surface area contributed by atoms with E-state index in [-0.39, 0.29) is 19.1 Å². The molecule has 3 rings (SSSR count). The zero-order chi connectivity index (χ0) is 24.0. The van der Waals surface area contributed by atoms with Crippen LogP contribution in [0, 0.1) is 0 Å². The van der Waals surface area contributed by atoms with Crippen molar-refractivity contribution in [2.75, 3.05) is 27.2 Å². The lowest BCUT2D eigenvalue weighted by molar-refractivity contribution is -0.142. The monoisotopic (exact) mass is 453 g/mol. The van der Waals surface area contributed by atoms with Crippen LogP contribution in [-0.4, -0.2) is 67.3 Å². The van der Waals surface area contributed by atoms with Gasteiger partial charge in [0.15, 0.2) is 0 Å². The Kier molecular flexibility index (Phi) is 8.06. The smallest absolute Gasteiger partial charge is 0.407 e. The predicted octanol–water partition coefficient (Wildman–Crippen LogP) is 2.82. The summed E-state index contributed by atoms with van der Waals surface area (Å²) in [6.45, 7) is 2.17. The molecule has 0 bridgehead atoms. The first-order valence-electron chi connectivity index (χ1n) is 11.1. The lowest BCUT2D eigenvalue weighted by atomic mass is 9.98. The molecule has 0 spiro atoms. The number of rotatable bonds is 10. The Labute approximate surface area is 193 Å². The van der Waals surface area contributed by atoms with E-state index in [1.54, 1.807) is 19.0 Å². The summed E-state index contributed by atoms with van der Waals surface area (Å²) in [6, 6.07) is 14.1. The summed E-state index contributed by atoms with van der Waals surface area (Å²) < 4.78 is 5.54. The average Bonchev–Trinajstić information content (AvgIpc) is 3.10. The van der Waals surface area contributed by atoms with Crippen LogP contribution < -0.4 is 10.6 Å². The standard InChI is InChI=1S/C25H31N3O5/c1-4-9-21(24(30)31)26-23(29)22(14-28(2)3)27-25(32)33-15-20-18-12-7-5-10-16(18)17-11-6-8-13-19(17)20/h5-8,10-13,20-22H,4,9,14-15H2,1-3H3,(H,26,29)(H,27,32)(H,30,31)/t21-,22-/m0/s1. The number of nitrogens with one attached hydrogen (secondary N) is 2. The summed E-state index contributed by atoms with van der Waals surface area (Å²) >= 11 is 0. The number of ether oxygens (including phenoxy) is 1. The van der Waals surface area contributed by atoms with E-state index < -0.39 is 30.1 Å². The van der Waals surface area contributed by atoms with E-state index in [1.807, 2.05) is 43.3 Å². The van der Waals surface area contributed by atoms with E-state index >= 15 is 0 Å². The van der Waals surface area contributed by atoms with Crippen LogP contribution in [0.3, 0.4) is 0 Å². The normalized spacial score (nSPS) is 14.2. The van der Waals surface area contributed by atoms with Crippen molar-refractivity contribution in [2.45, 2.75) is 37.8 Å². The summed E-state index contributed by atoms with van der Waals surface area (Å²) in [5.41, 5.74) is 4.45. The van der Waals surface area contributed by atoms with Crippen LogP contribution in [0.1, 0.15) is 36.8 Å². The van der Waals surface area contributed by atoms with Gasteiger partial charge < -0.3 is 25.4 Å². The van der Waals surface area contributed by atoms with Gasteiger partial charge in [0.25, 0.3) is 0 Å². The lowest BCUT2D eigenvalue weighted by Crippen LogP contribution is -2.55. The highest BCUT2D eigenvalue weighted by molar-refractivity contribution is 5.89. The second-order valence-electron chi connectivity index (χ2n) is 8.47. The maximum absolute atomic E-state index is 12.7. The van der Waals surface area contributed by atoms with Gasteiger partial charge >= 0.3 is 12.1 Å². The van der Waals surface area contributed by atoms with E-state index in [9.17, 15) is 19.5 Å². The number of aliphatic carboxylic acids is 1.